The summed E-state index contributed by atoms with van der Waals surface area (Å²) in [7, 11) is 0. The molecule has 0 N–H and O–H groups in total. The van der Waals surface area contributed by atoms with Gasteiger partial charge in [0.15, 0.2) is 4.96 Å². The molecule has 0 atom stereocenters. The van der Waals surface area contributed by atoms with Crippen molar-refractivity contribution in [3.63, 3.8) is 0 Å². The van der Waals surface area contributed by atoms with Gasteiger partial charge in [-0.15, -0.1) is 22.7 Å². The van der Waals surface area contributed by atoms with Gasteiger partial charge in [0.2, 0.25) is 0 Å². The second kappa shape index (κ2) is 5.51. The molecule has 5 heteroatoms. The number of rotatable bonds is 2. The minimum atomic E-state index is 1.02. The first kappa shape index (κ1) is 14.8. The molecule has 0 amide bonds. The highest BCUT2D eigenvalue weighted by molar-refractivity contribution is 7.19. The van der Waals surface area contributed by atoms with Gasteiger partial charge in [-0.3, -0.25) is 4.40 Å². The Hall–Kier alpha value is -2.50. The summed E-state index contributed by atoms with van der Waals surface area (Å²) in [4.78, 5) is 11.8. The third-order valence-corrected chi connectivity index (χ3v) is 6.23. The number of benzene rings is 2. The van der Waals surface area contributed by atoms with E-state index in [9.17, 15) is 0 Å². The van der Waals surface area contributed by atoms with Crippen molar-refractivity contribution in [2.75, 3.05) is 0 Å². The Bertz CT molecular complexity index is 1270. The fourth-order valence-corrected chi connectivity index (χ4v) is 4.95. The molecule has 0 unspecified atom stereocenters. The number of fused-ring (bicyclic) bond motifs is 4. The predicted octanol–water partition coefficient (Wildman–Crippen LogP) is 5.95. The van der Waals surface area contributed by atoms with E-state index in [0.29, 0.717) is 0 Å². The lowest BCUT2D eigenvalue weighted by atomic mass is 10.1. The summed E-state index contributed by atoms with van der Waals surface area (Å²) in [6.45, 7) is 4.17. The summed E-state index contributed by atoms with van der Waals surface area (Å²) in [5.74, 6) is 0. The molecular weight excluding hydrogens is 346 g/mol. The molecule has 5 aromatic rings. The minimum Gasteiger partial charge on any atom is -0.290 e. The van der Waals surface area contributed by atoms with Crippen molar-refractivity contribution in [2.24, 2.45) is 0 Å². The molecule has 0 spiro atoms. The van der Waals surface area contributed by atoms with Crippen molar-refractivity contribution in [1.82, 2.24) is 14.4 Å². The van der Waals surface area contributed by atoms with Crippen molar-refractivity contribution in [3.05, 3.63) is 63.9 Å². The normalized spacial score (nSPS) is 12.2. The number of hydrogen-bond donors (Lipinski definition) is 0. The maximum Gasteiger partial charge on any atom is 0.194 e. The zero-order valence-electron chi connectivity index (χ0n) is 13.9. The van der Waals surface area contributed by atoms with E-state index in [4.69, 9.17) is 4.98 Å². The SMILES string of the molecule is Cc1cn2c(C=Cc3nc4c(ccc5ccccc54)s3)c(C)nc2s1. The lowest BCUT2D eigenvalue weighted by Gasteiger charge is -1.96. The van der Waals surface area contributed by atoms with E-state index in [1.807, 2.05) is 0 Å². The summed E-state index contributed by atoms with van der Waals surface area (Å²) in [6, 6.07) is 12.7. The summed E-state index contributed by atoms with van der Waals surface area (Å²) in [5, 5.41) is 3.47. The van der Waals surface area contributed by atoms with Crippen LogP contribution in [0.5, 0.6) is 0 Å². The Morgan fingerprint density at radius 3 is 2.76 bits per heavy atom. The Morgan fingerprint density at radius 2 is 1.84 bits per heavy atom. The van der Waals surface area contributed by atoms with E-state index in [2.05, 4.69) is 78.0 Å². The van der Waals surface area contributed by atoms with Gasteiger partial charge in [0.1, 0.15) is 5.01 Å². The van der Waals surface area contributed by atoms with Gasteiger partial charge >= 0.3 is 0 Å². The van der Waals surface area contributed by atoms with Crippen LogP contribution in [0.3, 0.4) is 0 Å². The summed E-state index contributed by atoms with van der Waals surface area (Å²) < 4.78 is 3.38. The summed E-state index contributed by atoms with van der Waals surface area (Å²) >= 11 is 3.44. The van der Waals surface area contributed by atoms with Crippen LogP contribution in [-0.2, 0) is 0 Å². The number of hydrogen-bond acceptors (Lipinski definition) is 4. The van der Waals surface area contributed by atoms with Crippen molar-refractivity contribution < 1.29 is 0 Å². The molecule has 0 saturated heterocycles. The first-order chi connectivity index (χ1) is 12.2. The number of thiazole rings is 2. The maximum atomic E-state index is 4.86. The largest absolute Gasteiger partial charge is 0.290 e. The van der Waals surface area contributed by atoms with Crippen LogP contribution in [-0.4, -0.2) is 14.4 Å². The highest BCUT2D eigenvalue weighted by Crippen LogP contribution is 2.30. The zero-order valence-corrected chi connectivity index (χ0v) is 15.5. The van der Waals surface area contributed by atoms with Crippen molar-refractivity contribution in [3.8, 4) is 0 Å². The first-order valence-electron chi connectivity index (χ1n) is 8.10. The van der Waals surface area contributed by atoms with Crippen molar-refractivity contribution in [2.45, 2.75) is 13.8 Å². The van der Waals surface area contributed by atoms with E-state index >= 15 is 0 Å². The zero-order chi connectivity index (χ0) is 17.0. The molecule has 25 heavy (non-hydrogen) atoms. The Labute approximate surface area is 152 Å². The lowest BCUT2D eigenvalue weighted by Crippen LogP contribution is -1.83. The number of aryl methyl sites for hydroxylation is 2. The smallest absolute Gasteiger partial charge is 0.194 e. The molecule has 5 rings (SSSR count). The van der Waals surface area contributed by atoms with E-state index in [-0.39, 0.29) is 0 Å². The summed E-state index contributed by atoms with van der Waals surface area (Å²) in [6.07, 6.45) is 6.37. The predicted molar refractivity (Wildman–Crippen MR) is 109 cm³/mol. The second-order valence-electron chi connectivity index (χ2n) is 6.10. The van der Waals surface area contributed by atoms with Crippen LogP contribution in [0.25, 0.3) is 38.1 Å². The van der Waals surface area contributed by atoms with Gasteiger partial charge in [0.25, 0.3) is 0 Å². The molecule has 0 aliphatic carbocycles. The van der Waals surface area contributed by atoms with Crippen LogP contribution in [0.15, 0.2) is 42.6 Å². The molecule has 0 radical (unpaired) electrons. The van der Waals surface area contributed by atoms with Gasteiger partial charge in [0.05, 0.1) is 21.6 Å². The van der Waals surface area contributed by atoms with Crippen molar-refractivity contribution in [1.29, 1.82) is 0 Å². The number of aromatic nitrogens is 3. The average Bonchev–Trinajstić information content (AvgIpc) is 3.25. The van der Waals surface area contributed by atoms with Crippen LogP contribution in [0.2, 0.25) is 0 Å². The minimum absolute atomic E-state index is 1.02. The fraction of sp³-hybridized carbons (Fsp3) is 0.100. The molecular formula is C20H15N3S2. The monoisotopic (exact) mass is 361 g/mol. The molecule has 0 saturated carbocycles. The van der Waals surface area contributed by atoms with Gasteiger partial charge in [0, 0.05) is 16.5 Å². The van der Waals surface area contributed by atoms with Crippen molar-refractivity contribution >= 4 is 60.8 Å². The average molecular weight is 361 g/mol. The second-order valence-corrected chi connectivity index (χ2v) is 8.37. The number of imidazole rings is 1. The topological polar surface area (TPSA) is 30.2 Å². The molecule has 3 heterocycles. The van der Waals surface area contributed by atoms with Crippen LogP contribution in [0.1, 0.15) is 21.3 Å². The third-order valence-electron chi connectivity index (χ3n) is 4.35. The molecule has 3 aromatic heterocycles. The highest BCUT2D eigenvalue weighted by atomic mass is 32.1. The quantitative estimate of drug-likeness (QED) is 0.389. The Kier molecular flexibility index (Phi) is 3.26. The van der Waals surface area contributed by atoms with Crippen LogP contribution in [0, 0.1) is 13.8 Å². The highest BCUT2D eigenvalue weighted by Gasteiger charge is 2.09. The molecule has 0 bridgehead atoms. The molecule has 0 fully saturated rings. The standard InChI is InChI=1S/C20H15N3S2/c1-12-11-23-16(13(2)21-20(23)24-12)8-10-18-22-19-15-6-4-3-5-14(15)7-9-17(19)25-18/h3-11H,1-2H3. The van der Waals surface area contributed by atoms with E-state index < -0.39 is 0 Å². The van der Waals surface area contributed by atoms with Gasteiger partial charge in [-0.2, -0.15) is 0 Å². The number of nitrogens with zero attached hydrogens (tertiary/aromatic N) is 3. The van der Waals surface area contributed by atoms with E-state index in [1.165, 1.54) is 20.3 Å². The molecule has 2 aromatic carbocycles. The maximum absolute atomic E-state index is 4.86. The Morgan fingerprint density at radius 1 is 0.960 bits per heavy atom. The lowest BCUT2D eigenvalue weighted by molar-refractivity contribution is 1.18. The summed E-state index contributed by atoms with van der Waals surface area (Å²) in [5.41, 5.74) is 3.27. The van der Waals surface area contributed by atoms with Crippen LogP contribution >= 0.6 is 22.7 Å². The van der Waals surface area contributed by atoms with E-state index in [0.717, 1.165) is 26.9 Å². The van der Waals surface area contributed by atoms with Gasteiger partial charge in [-0.1, -0.05) is 30.3 Å². The molecule has 122 valence electrons. The Balaban J connectivity index is 1.62. The first-order valence-corrected chi connectivity index (χ1v) is 9.74. The molecule has 0 aliphatic heterocycles. The van der Waals surface area contributed by atoms with Gasteiger partial charge < -0.3 is 0 Å². The third kappa shape index (κ3) is 2.39. The molecule has 0 aliphatic rings. The fourth-order valence-electron chi connectivity index (χ4n) is 3.18. The molecule has 3 nitrogen and oxygen atoms in total. The van der Waals surface area contributed by atoms with Crippen LogP contribution in [0.4, 0.5) is 0 Å². The van der Waals surface area contributed by atoms with Gasteiger partial charge in [-0.05, 0) is 37.5 Å². The van der Waals surface area contributed by atoms with E-state index in [1.54, 1.807) is 22.7 Å². The van der Waals surface area contributed by atoms with Gasteiger partial charge in [-0.25, -0.2) is 9.97 Å². The van der Waals surface area contributed by atoms with Crippen LogP contribution < -0.4 is 0 Å².